The van der Waals surface area contributed by atoms with Crippen molar-refractivity contribution in [1.82, 2.24) is 14.9 Å². The number of nitrogens with one attached hydrogen (secondary N) is 1. The van der Waals surface area contributed by atoms with E-state index in [1.54, 1.807) is 6.20 Å². The van der Waals surface area contributed by atoms with Gasteiger partial charge in [0.05, 0.1) is 6.54 Å². The second kappa shape index (κ2) is 9.00. The second-order valence-electron chi connectivity index (χ2n) is 5.29. The second-order valence-corrected chi connectivity index (χ2v) is 5.29. The Morgan fingerprint density at radius 1 is 1.23 bits per heavy atom. The number of nitrogens with zero attached hydrogens (tertiary/aromatic N) is 2. The maximum atomic E-state index is 11.6. The number of carbonyl (C=O) groups excluding carboxylic acids is 1. The molecule has 0 saturated heterocycles. The molecule has 2 rings (SSSR count). The third-order valence-electron chi connectivity index (χ3n) is 3.56. The fourth-order valence-electron chi connectivity index (χ4n) is 2.34. The van der Waals surface area contributed by atoms with Gasteiger partial charge in [0.15, 0.2) is 0 Å². The molecule has 0 bridgehead atoms. The summed E-state index contributed by atoms with van der Waals surface area (Å²) in [6, 6.07) is 10.5. The number of benzene rings is 1. The Bertz CT molecular complexity index is 565. The first-order chi connectivity index (χ1) is 10.8. The molecule has 0 unspecified atom stereocenters. The fraction of sp³-hybridized carbons (Fsp3) is 0.412. The van der Waals surface area contributed by atoms with Crippen molar-refractivity contribution < 1.29 is 4.79 Å². The highest BCUT2D eigenvalue weighted by Gasteiger charge is 2.05. The van der Waals surface area contributed by atoms with Gasteiger partial charge in [-0.3, -0.25) is 4.79 Å². The summed E-state index contributed by atoms with van der Waals surface area (Å²) in [6.07, 6.45) is 7.04. The summed E-state index contributed by atoms with van der Waals surface area (Å²) in [7, 11) is 0. The SMILES string of the molecule is NCCCC(=O)NCc1nccn1CCCc1ccccc1. The lowest BCUT2D eigenvalue weighted by Crippen LogP contribution is -2.25. The fourth-order valence-corrected chi connectivity index (χ4v) is 2.34. The lowest BCUT2D eigenvalue weighted by atomic mass is 10.1. The van der Waals surface area contributed by atoms with E-state index < -0.39 is 0 Å². The van der Waals surface area contributed by atoms with Crippen LogP contribution in [0.5, 0.6) is 0 Å². The van der Waals surface area contributed by atoms with Crippen molar-refractivity contribution in [2.24, 2.45) is 5.73 Å². The first-order valence-electron chi connectivity index (χ1n) is 7.80. The molecular formula is C17H24N4O. The topological polar surface area (TPSA) is 72.9 Å². The summed E-state index contributed by atoms with van der Waals surface area (Å²) in [6.45, 7) is 1.92. The van der Waals surface area contributed by atoms with Crippen molar-refractivity contribution in [1.29, 1.82) is 0 Å². The average molecular weight is 300 g/mol. The Labute approximate surface area is 131 Å². The van der Waals surface area contributed by atoms with Gasteiger partial charge in [-0.15, -0.1) is 0 Å². The Balaban J connectivity index is 1.76. The van der Waals surface area contributed by atoms with Gasteiger partial charge in [0.25, 0.3) is 0 Å². The molecule has 0 aliphatic rings. The number of rotatable bonds is 9. The van der Waals surface area contributed by atoms with Crippen molar-refractivity contribution >= 4 is 5.91 Å². The molecular weight excluding hydrogens is 276 g/mol. The molecule has 5 nitrogen and oxygen atoms in total. The number of carbonyl (C=O) groups is 1. The van der Waals surface area contributed by atoms with Crippen LogP contribution in [0, 0.1) is 0 Å². The van der Waals surface area contributed by atoms with Gasteiger partial charge in [-0.1, -0.05) is 30.3 Å². The summed E-state index contributed by atoms with van der Waals surface area (Å²) in [4.78, 5) is 15.9. The molecule has 0 saturated carbocycles. The van der Waals surface area contributed by atoms with E-state index in [9.17, 15) is 4.79 Å². The average Bonchev–Trinajstić information content (AvgIpc) is 2.99. The van der Waals surface area contributed by atoms with Crippen LogP contribution in [-0.2, 0) is 24.3 Å². The zero-order chi connectivity index (χ0) is 15.6. The number of nitrogens with two attached hydrogens (primary N) is 1. The molecule has 5 heteroatoms. The van der Waals surface area contributed by atoms with Gasteiger partial charge in [0.1, 0.15) is 5.82 Å². The summed E-state index contributed by atoms with van der Waals surface area (Å²) < 4.78 is 2.10. The van der Waals surface area contributed by atoms with Crippen LogP contribution in [0.1, 0.15) is 30.7 Å². The summed E-state index contributed by atoms with van der Waals surface area (Å²) >= 11 is 0. The predicted molar refractivity (Wildman–Crippen MR) is 87.1 cm³/mol. The van der Waals surface area contributed by atoms with E-state index >= 15 is 0 Å². The van der Waals surface area contributed by atoms with Crippen molar-refractivity contribution in [2.45, 2.75) is 38.8 Å². The number of amides is 1. The number of aromatic nitrogens is 2. The van der Waals surface area contributed by atoms with Crippen LogP contribution in [0.25, 0.3) is 0 Å². The Morgan fingerprint density at radius 3 is 2.82 bits per heavy atom. The minimum absolute atomic E-state index is 0.0317. The van der Waals surface area contributed by atoms with E-state index in [1.807, 2.05) is 12.3 Å². The standard InChI is InChI=1S/C17H24N4O/c18-10-4-9-17(22)20-14-16-19-11-13-21(16)12-5-8-15-6-2-1-3-7-15/h1-3,6-7,11,13H,4-5,8-10,12,14,18H2,(H,20,22). The smallest absolute Gasteiger partial charge is 0.220 e. The molecule has 0 spiro atoms. The summed E-state index contributed by atoms with van der Waals surface area (Å²) in [5.74, 6) is 0.929. The van der Waals surface area contributed by atoms with Gasteiger partial charge in [0.2, 0.25) is 5.91 Å². The zero-order valence-electron chi connectivity index (χ0n) is 12.9. The Kier molecular flexibility index (Phi) is 6.64. The third-order valence-corrected chi connectivity index (χ3v) is 3.56. The largest absolute Gasteiger partial charge is 0.349 e. The number of hydrogen-bond donors (Lipinski definition) is 2. The molecule has 0 fully saturated rings. The number of aryl methyl sites for hydroxylation is 2. The van der Waals surface area contributed by atoms with Gasteiger partial charge >= 0.3 is 0 Å². The maximum absolute atomic E-state index is 11.6. The van der Waals surface area contributed by atoms with E-state index in [2.05, 4.69) is 39.1 Å². The van der Waals surface area contributed by atoms with E-state index in [-0.39, 0.29) is 5.91 Å². The van der Waals surface area contributed by atoms with Crippen LogP contribution in [0.2, 0.25) is 0 Å². The van der Waals surface area contributed by atoms with E-state index in [4.69, 9.17) is 5.73 Å². The normalized spacial score (nSPS) is 10.6. The van der Waals surface area contributed by atoms with Crippen LogP contribution in [0.3, 0.4) is 0 Å². The van der Waals surface area contributed by atoms with Gasteiger partial charge in [-0.25, -0.2) is 4.98 Å². The molecule has 118 valence electrons. The highest BCUT2D eigenvalue weighted by molar-refractivity contribution is 5.75. The Morgan fingerprint density at radius 2 is 2.05 bits per heavy atom. The zero-order valence-corrected chi connectivity index (χ0v) is 12.9. The van der Waals surface area contributed by atoms with Gasteiger partial charge in [-0.05, 0) is 31.4 Å². The monoisotopic (exact) mass is 300 g/mol. The summed E-state index contributed by atoms with van der Waals surface area (Å²) in [5, 5.41) is 2.89. The van der Waals surface area contributed by atoms with Crippen molar-refractivity contribution in [3.63, 3.8) is 0 Å². The third kappa shape index (κ3) is 5.33. The number of hydrogen-bond acceptors (Lipinski definition) is 3. The first-order valence-corrected chi connectivity index (χ1v) is 7.80. The first kappa shape index (κ1) is 16.2. The summed E-state index contributed by atoms with van der Waals surface area (Å²) in [5.41, 5.74) is 6.74. The quantitative estimate of drug-likeness (QED) is 0.742. The van der Waals surface area contributed by atoms with Crippen molar-refractivity contribution in [2.75, 3.05) is 6.54 Å². The molecule has 3 N–H and O–H groups in total. The minimum Gasteiger partial charge on any atom is -0.349 e. The lowest BCUT2D eigenvalue weighted by Gasteiger charge is -2.09. The van der Waals surface area contributed by atoms with Crippen molar-refractivity contribution in [3.8, 4) is 0 Å². The van der Waals surface area contributed by atoms with Crippen LogP contribution >= 0.6 is 0 Å². The molecule has 22 heavy (non-hydrogen) atoms. The van der Waals surface area contributed by atoms with E-state index in [0.29, 0.717) is 19.5 Å². The molecule has 0 radical (unpaired) electrons. The molecule has 0 aliphatic carbocycles. The van der Waals surface area contributed by atoms with E-state index in [0.717, 1.165) is 31.6 Å². The highest BCUT2D eigenvalue weighted by atomic mass is 16.1. The number of imidazole rings is 1. The highest BCUT2D eigenvalue weighted by Crippen LogP contribution is 2.06. The molecule has 1 aromatic carbocycles. The molecule has 1 heterocycles. The molecule has 1 amide bonds. The van der Waals surface area contributed by atoms with Crippen LogP contribution in [0.4, 0.5) is 0 Å². The lowest BCUT2D eigenvalue weighted by molar-refractivity contribution is -0.121. The Hall–Kier alpha value is -2.14. The van der Waals surface area contributed by atoms with E-state index in [1.165, 1.54) is 5.56 Å². The molecule has 2 aromatic rings. The van der Waals surface area contributed by atoms with Crippen LogP contribution in [-0.4, -0.2) is 22.0 Å². The van der Waals surface area contributed by atoms with Gasteiger partial charge < -0.3 is 15.6 Å². The molecule has 1 aromatic heterocycles. The van der Waals surface area contributed by atoms with Crippen molar-refractivity contribution in [3.05, 3.63) is 54.1 Å². The van der Waals surface area contributed by atoms with Gasteiger partial charge in [-0.2, -0.15) is 0 Å². The molecule has 0 aliphatic heterocycles. The predicted octanol–water partition coefficient (Wildman–Crippen LogP) is 1.87. The maximum Gasteiger partial charge on any atom is 0.220 e. The van der Waals surface area contributed by atoms with Gasteiger partial charge in [0, 0.05) is 25.4 Å². The minimum atomic E-state index is 0.0317. The van der Waals surface area contributed by atoms with Crippen LogP contribution < -0.4 is 11.1 Å². The molecule has 0 atom stereocenters. The van der Waals surface area contributed by atoms with Crippen LogP contribution in [0.15, 0.2) is 42.7 Å².